The van der Waals surface area contributed by atoms with Crippen LogP contribution in [0, 0.1) is 0 Å². The number of anilines is 3. The summed E-state index contributed by atoms with van der Waals surface area (Å²) < 4.78 is 46.5. The summed E-state index contributed by atoms with van der Waals surface area (Å²) in [7, 11) is 0. The van der Waals surface area contributed by atoms with Gasteiger partial charge in [0.1, 0.15) is 6.54 Å². The van der Waals surface area contributed by atoms with Gasteiger partial charge in [0.25, 0.3) is 0 Å². The minimum atomic E-state index is -4.56. The molecular formula is C20H23F3N6O3S. The molecule has 0 saturated carbocycles. The molecule has 1 unspecified atom stereocenters. The first-order valence-corrected chi connectivity index (χ1v) is 11.3. The summed E-state index contributed by atoms with van der Waals surface area (Å²) >= 11 is 1.19. The molecule has 0 aliphatic carbocycles. The van der Waals surface area contributed by atoms with E-state index < -0.39 is 28.8 Å². The molecule has 9 nitrogen and oxygen atoms in total. The molecule has 1 N–H and O–H groups in total. The van der Waals surface area contributed by atoms with Crippen LogP contribution in [-0.4, -0.2) is 64.7 Å². The number of thioether (sulfide) groups is 1. The summed E-state index contributed by atoms with van der Waals surface area (Å²) in [6, 6.07) is 2.95. The van der Waals surface area contributed by atoms with E-state index in [0.717, 1.165) is 12.1 Å². The van der Waals surface area contributed by atoms with Crippen molar-refractivity contribution in [3.05, 3.63) is 23.8 Å². The summed E-state index contributed by atoms with van der Waals surface area (Å²) in [5.74, 6) is -0.265. The van der Waals surface area contributed by atoms with Gasteiger partial charge in [-0.3, -0.25) is 19.1 Å². The van der Waals surface area contributed by atoms with Crippen LogP contribution in [0.15, 0.2) is 23.4 Å². The molecule has 2 aliphatic heterocycles. The number of benzene rings is 1. The highest BCUT2D eigenvalue weighted by molar-refractivity contribution is 8.00. The van der Waals surface area contributed by atoms with E-state index in [2.05, 4.69) is 20.4 Å². The SMILES string of the molecule is CCn1c(SC(C)C(=O)N2CC(=O)Nc3cc(C(F)(F)F)ccc32)nnc1N1CCOCC1. The van der Waals surface area contributed by atoms with Crippen molar-refractivity contribution in [3.63, 3.8) is 0 Å². The van der Waals surface area contributed by atoms with Crippen molar-refractivity contribution in [2.45, 2.75) is 37.0 Å². The zero-order valence-electron chi connectivity index (χ0n) is 18.1. The van der Waals surface area contributed by atoms with Crippen molar-refractivity contribution in [1.29, 1.82) is 0 Å². The molecule has 1 fully saturated rings. The maximum absolute atomic E-state index is 13.2. The highest BCUT2D eigenvalue weighted by atomic mass is 32.2. The number of rotatable bonds is 5. The van der Waals surface area contributed by atoms with Crippen molar-refractivity contribution in [1.82, 2.24) is 14.8 Å². The number of alkyl halides is 3. The third kappa shape index (κ3) is 4.78. The molecule has 178 valence electrons. The molecule has 1 atom stereocenters. The van der Waals surface area contributed by atoms with Crippen molar-refractivity contribution < 1.29 is 27.5 Å². The Balaban J connectivity index is 1.55. The lowest BCUT2D eigenvalue weighted by atomic mass is 10.1. The largest absolute Gasteiger partial charge is 0.416 e. The monoisotopic (exact) mass is 484 g/mol. The average molecular weight is 485 g/mol. The van der Waals surface area contributed by atoms with Crippen LogP contribution in [0.1, 0.15) is 19.4 Å². The Morgan fingerprint density at radius 2 is 2.00 bits per heavy atom. The van der Waals surface area contributed by atoms with Crippen LogP contribution in [0.5, 0.6) is 0 Å². The minimum absolute atomic E-state index is 0.0436. The van der Waals surface area contributed by atoms with E-state index in [9.17, 15) is 22.8 Å². The van der Waals surface area contributed by atoms with Gasteiger partial charge < -0.3 is 15.0 Å². The molecule has 0 radical (unpaired) electrons. The summed E-state index contributed by atoms with van der Waals surface area (Å²) in [5, 5.41) is 10.8. The number of hydrogen-bond donors (Lipinski definition) is 1. The first-order chi connectivity index (χ1) is 15.7. The molecule has 1 aromatic heterocycles. The van der Waals surface area contributed by atoms with Gasteiger partial charge in [0, 0.05) is 19.6 Å². The van der Waals surface area contributed by atoms with E-state index in [4.69, 9.17) is 4.74 Å². The summed E-state index contributed by atoms with van der Waals surface area (Å²) in [5.41, 5.74) is -0.714. The standard InChI is InChI=1S/C20H23F3N6O3S/c1-3-28-18(27-6-8-32-9-7-27)25-26-19(28)33-12(2)17(31)29-11-16(30)24-14-10-13(20(21,22)23)4-5-15(14)29/h4-5,10,12H,3,6-9,11H2,1-2H3,(H,24,30). The number of morpholine rings is 1. The van der Waals surface area contributed by atoms with Crippen LogP contribution < -0.4 is 15.1 Å². The van der Waals surface area contributed by atoms with Crippen molar-refractivity contribution >= 4 is 40.9 Å². The number of amides is 2. The average Bonchev–Trinajstić information content (AvgIpc) is 3.19. The van der Waals surface area contributed by atoms with E-state index in [0.29, 0.717) is 44.0 Å². The normalized spacial score (nSPS) is 17.5. The second-order valence-electron chi connectivity index (χ2n) is 7.59. The van der Waals surface area contributed by atoms with Gasteiger partial charge >= 0.3 is 6.18 Å². The smallest absolute Gasteiger partial charge is 0.378 e. The lowest BCUT2D eigenvalue weighted by molar-refractivity contribution is -0.137. The van der Waals surface area contributed by atoms with Gasteiger partial charge in [-0.25, -0.2) is 0 Å². The molecule has 1 saturated heterocycles. The summed E-state index contributed by atoms with van der Waals surface area (Å²) in [4.78, 5) is 28.6. The zero-order chi connectivity index (χ0) is 23.8. The van der Waals surface area contributed by atoms with Gasteiger partial charge in [0.05, 0.1) is 35.4 Å². The molecule has 33 heavy (non-hydrogen) atoms. The number of carbonyl (C=O) groups is 2. The van der Waals surface area contributed by atoms with Gasteiger partial charge in [0.15, 0.2) is 5.16 Å². The Morgan fingerprint density at radius 1 is 1.27 bits per heavy atom. The topological polar surface area (TPSA) is 92.6 Å². The van der Waals surface area contributed by atoms with E-state index in [-0.39, 0.29) is 17.9 Å². The molecule has 13 heteroatoms. The van der Waals surface area contributed by atoms with E-state index >= 15 is 0 Å². The molecule has 2 aromatic rings. The minimum Gasteiger partial charge on any atom is -0.378 e. The molecule has 2 aliphatic rings. The van der Waals surface area contributed by atoms with Gasteiger partial charge in [-0.2, -0.15) is 13.2 Å². The van der Waals surface area contributed by atoms with Crippen LogP contribution in [0.3, 0.4) is 0 Å². The fourth-order valence-electron chi connectivity index (χ4n) is 3.73. The lowest BCUT2D eigenvalue weighted by Crippen LogP contribution is -2.45. The molecule has 2 amide bonds. The van der Waals surface area contributed by atoms with Crippen LogP contribution >= 0.6 is 11.8 Å². The molecule has 3 heterocycles. The first kappa shape index (κ1) is 23.4. The Kier molecular flexibility index (Phi) is 6.52. The Hall–Kier alpha value is -2.80. The summed E-state index contributed by atoms with van der Waals surface area (Å²) in [6.07, 6.45) is -4.56. The van der Waals surface area contributed by atoms with Crippen LogP contribution in [0.25, 0.3) is 0 Å². The van der Waals surface area contributed by atoms with E-state index in [1.165, 1.54) is 22.7 Å². The quantitative estimate of drug-likeness (QED) is 0.653. The predicted octanol–water partition coefficient (Wildman–Crippen LogP) is 2.62. The number of ether oxygens (including phenoxy) is 1. The fraction of sp³-hybridized carbons (Fsp3) is 0.500. The molecule has 1 aromatic carbocycles. The van der Waals surface area contributed by atoms with Crippen LogP contribution in [0.2, 0.25) is 0 Å². The van der Waals surface area contributed by atoms with Crippen molar-refractivity contribution in [2.24, 2.45) is 0 Å². The second kappa shape index (κ2) is 9.21. The highest BCUT2D eigenvalue weighted by Crippen LogP contribution is 2.38. The van der Waals surface area contributed by atoms with Crippen LogP contribution in [0.4, 0.5) is 30.5 Å². The number of aromatic nitrogens is 3. The van der Waals surface area contributed by atoms with Gasteiger partial charge in [0.2, 0.25) is 17.8 Å². The molecule has 0 spiro atoms. The Bertz CT molecular complexity index is 1050. The number of fused-ring (bicyclic) bond motifs is 1. The van der Waals surface area contributed by atoms with E-state index in [1.54, 1.807) is 6.92 Å². The lowest BCUT2D eigenvalue weighted by Gasteiger charge is -2.31. The van der Waals surface area contributed by atoms with Gasteiger partial charge in [-0.1, -0.05) is 11.8 Å². The van der Waals surface area contributed by atoms with Gasteiger partial charge in [-0.15, -0.1) is 10.2 Å². The molecule has 0 bridgehead atoms. The molecule has 4 rings (SSSR count). The number of nitrogens with zero attached hydrogens (tertiary/aromatic N) is 5. The Labute approximate surface area is 192 Å². The number of nitrogens with one attached hydrogen (secondary N) is 1. The summed E-state index contributed by atoms with van der Waals surface area (Å²) in [6.45, 7) is 6.52. The third-order valence-electron chi connectivity index (χ3n) is 5.39. The fourth-order valence-corrected chi connectivity index (χ4v) is 4.70. The number of carbonyl (C=O) groups excluding carboxylic acids is 2. The predicted molar refractivity (Wildman–Crippen MR) is 116 cm³/mol. The number of halogens is 3. The maximum Gasteiger partial charge on any atom is 0.416 e. The van der Waals surface area contributed by atoms with Crippen LogP contribution in [-0.2, 0) is 27.0 Å². The van der Waals surface area contributed by atoms with Crippen molar-refractivity contribution in [3.8, 4) is 0 Å². The molecular weight excluding hydrogens is 461 g/mol. The van der Waals surface area contributed by atoms with Crippen molar-refractivity contribution in [2.75, 3.05) is 48.0 Å². The highest BCUT2D eigenvalue weighted by Gasteiger charge is 2.35. The third-order valence-corrected chi connectivity index (χ3v) is 6.46. The zero-order valence-corrected chi connectivity index (χ0v) is 18.9. The van der Waals surface area contributed by atoms with E-state index in [1.807, 2.05) is 11.5 Å². The Morgan fingerprint density at radius 3 is 2.67 bits per heavy atom. The maximum atomic E-state index is 13.2. The second-order valence-corrected chi connectivity index (χ2v) is 8.90. The number of hydrogen-bond acceptors (Lipinski definition) is 7. The van der Waals surface area contributed by atoms with Gasteiger partial charge in [-0.05, 0) is 32.0 Å². The first-order valence-electron chi connectivity index (χ1n) is 10.4.